The third-order valence-corrected chi connectivity index (χ3v) is 2.32. The molecule has 0 amide bonds. The molecule has 0 spiro atoms. The Hall–Kier alpha value is 0.230. The molecular formula is C6H6INS. The van der Waals surface area contributed by atoms with E-state index in [1.807, 2.05) is 12.3 Å². The number of nitrogens with zero attached hydrogens (tertiary/aromatic N) is 1. The van der Waals surface area contributed by atoms with Gasteiger partial charge < -0.3 is 0 Å². The van der Waals surface area contributed by atoms with Gasteiger partial charge in [-0.05, 0) is 32.8 Å². The van der Waals surface area contributed by atoms with Gasteiger partial charge in [-0.1, -0.05) is 15.0 Å². The van der Waals surface area contributed by atoms with E-state index in [2.05, 4.69) is 32.3 Å². The lowest BCUT2D eigenvalue weighted by molar-refractivity contribution is 1.25. The number of halogens is 1. The molecule has 0 aromatic carbocycles. The summed E-state index contributed by atoms with van der Waals surface area (Å²) in [4.78, 5) is 3.99. The first-order valence-corrected chi connectivity index (χ1v) is 6.09. The molecule has 1 nitrogen and oxygen atoms in total. The minimum absolute atomic E-state index is 1.05. The highest BCUT2D eigenvalue weighted by Crippen LogP contribution is 2.17. The monoisotopic (exact) mass is 251 g/mol. The number of rotatable bonds is 2. The van der Waals surface area contributed by atoms with Crippen molar-refractivity contribution in [3.05, 3.63) is 30.1 Å². The zero-order chi connectivity index (χ0) is 6.53. The summed E-state index contributed by atoms with van der Waals surface area (Å²) in [6.45, 7) is 0. The highest BCUT2D eigenvalue weighted by atomic mass is 127. The van der Waals surface area contributed by atoms with Crippen LogP contribution in [0.1, 0.15) is 5.56 Å². The van der Waals surface area contributed by atoms with E-state index < -0.39 is 0 Å². The first-order chi connectivity index (χ1) is 4.43. The molecule has 0 aliphatic carbocycles. The number of hydrogen-bond acceptors (Lipinski definition) is 2. The summed E-state index contributed by atoms with van der Waals surface area (Å²) in [6, 6.07) is 4.04. The van der Waals surface area contributed by atoms with Crippen LogP contribution in [0.4, 0.5) is 0 Å². The van der Waals surface area contributed by atoms with Crippen LogP contribution in [-0.2, 0) is 5.75 Å². The average Bonchev–Trinajstić information content (AvgIpc) is 1.91. The van der Waals surface area contributed by atoms with Gasteiger partial charge in [-0.15, -0.1) is 0 Å². The van der Waals surface area contributed by atoms with Crippen molar-refractivity contribution in [2.45, 2.75) is 5.75 Å². The summed E-state index contributed by atoms with van der Waals surface area (Å²) in [5.74, 6) is 1.05. The topological polar surface area (TPSA) is 12.9 Å². The van der Waals surface area contributed by atoms with Gasteiger partial charge in [-0.25, -0.2) is 0 Å². The highest BCUT2D eigenvalue weighted by Gasteiger charge is 1.86. The van der Waals surface area contributed by atoms with E-state index in [4.69, 9.17) is 0 Å². The van der Waals surface area contributed by atoms with Crippen molar-refractivity contribution in [3.8, 4) is 0 Å². The zero-order valence-corrected chi connectivity index (χ0v) is 7.72. The molecule has 0 saturated heterocycles. The second-order valence-corrected chi connectivity index (χ2v) is 3.99. The maximum Gasteiger partial charge on any atom is 0.0308 e. The molecule has 0 fully saturated rings. The minimum atomic E-state index is 1.05. The lowest BCUT2D eigenvalue weighted by atomic mass is 10.3. The Bertz CT molecular complexity index is 166. The fourth-order valence-corrected chi connectivity index (χ4v) is 1.92. The third kappa shape index (κ3) is 2.53. The van der Waals surface area contributed by atoms with E-state index in [0.717, 1.165) is 5.75 Å². The molecule has 0 bridgehead atoms. The predicted molar refractivity (Wildman–Crippen MR) is 49.6 cm³/mol. The smallest absolute Gasteiger partial charge is 0.0308 e. The van der Waals surface area contributed by atoms with Gasteiger partial charge in [0.2, 0.25) is 0 Å². The van der Waals surface area contributed by atoms with Crippen molar-refractivity contribution in [2.24, 2.45) is 0 Å². The SMILES string of the molecule is ISCc1cccnc1. The first-order valence-electron chi connectivity index (χ1n) is 2.56. The third-order valence-electron chi connectivity index (χ3n) is 0.944. The number of pyridine rings is 1. The molecule has 0 saturated carbocycles. The van der Waals surface area contributed by atoms with Gasteiger partial charge >= 0.3 is 0 Å². The van der Waals surface area contributed by atoms with Crippen LogP contribution in [0.15, 0.2) is 24.5 Å². The molecule has 48 valence electrons. The summed E-state index contributed by atoms with van der Waals surface area (Å²) in [5.41, 5.74) is 1.29. The van der Waals surface area contributed by atoms with Crippen LogP contribution in [0.3, 0.4) is 0 Å². The molecule has 0 N–H and O–H groups in total. The second kappa shape index (κ2) is 4.11. The Labute approximate surface area is 70.8 Å². The van der Waals surface area contributed by atoms with E-state index in [1.165, 1.54) is 5.56 Å². The van der Waals surface area contributed by atoms with Crippen molar-refractivity contribution in [2.75, 3.05) is 0 Å². The Morgan fingerprint density at radius 1 is 1.67 bits per heavy atom. The summed E-state index contributed by atoms with van der Waals surface area (Å²) < 4.78 is 0. The van der Waals surface area contributed by atoms with Crippen LogP contribution < -0.4 is 0 Å². The predicted octanol–water partition coefficient (Wildman–Crippen LogP) is 2.66. The zero-order valence-electron chi connectivity index (χ0n) is 4.75. The number of aromatic nitrogens is 1. The van der Waals surface area contributed by atoms with Gasteiger partial charge in [0.05, 0.1) is 0 Å². The van der Waals surface area contributed by atoms with E-state index >= 15 is 0 Å². The fourth-order valence-electron chi connectivity index (χ4n) is 0.546. The Morgan fingerprint density at radius 3 is 3.11 bits per heavy atom. The maximum atomic E-state index is 3.99. The number of hydrogen-bond donors (Lipinski definition) is 0. The molecule has 0 aliphatic rings. The van der Waals surface area contributed by atoms with Crippen LogP contribution in [0.5, 0.6) is 0 Å². The Balaban J connectivity index is 2.61. The molecular weight excluding hydrogens is 245 g/mol. The van der Waals surface area contributed by atoms with E-state index in [1.54, 1.807) is 15.1 Å². The molecule has 0 atom stereocenters. The van der Waals surface area contributed by atoms with Gasteiger partial charge in [0, 0.05) is 18.1 Å². The van der Waals surface area contributed by atoms with Crippen LogP contribution in [0.2, 0.25) is 0 Å². The van der Waals surface area contributed by atoms with Crippen LogP contribution in [0.25, 0.3) is 0 Å². The Morgan fingerprint density at radius 2 is 2.56 bits per heavy atom. The summed E-state index contributed by atoms with van der Waals surface area (Å²) in [6.07, 6.45) is 3.69. The lowest BCUT2D eigenvalue weighted by Crippen LogP contribution is -1.77. The molecule has 1 aromatic heterocycles. The largest absolute Gasteiger partial charge is 0.264 e. The summed E-state index contributed by atoms with van der Waals surface area (Å²) in [5, 5.41) is 0. The first kappa shape index (κ1) is 7.34. The molecule has 3 heteroatoms. The molecule has 0 unspecified atom stereocenters. The van der Waals surface area contributed by atoms with Crippen molar-refractivity contribution in [1.82, 2.24) is 4.98 Å². The Kier molecular flexibility index (Phi) is 3.35. The van der Waals surface area contributed by atoms with Crippen molar-refractivity contribution >= 4 is 30.1 Å². The van der Waals surface area contributed by atoms with Gasteiger partial charge in [0.1, 0.15) is 0 Å². The molecule has 1 heterocycles. The van der Waals surface area contributed by atoms with Crippen molar-refractivity contribution < 1.29 is 0 Å². The highest BCUT2D eigenvalue weighted by molar-refractivity contribution is 14.2. The van der Waals surface area contributed by atoms with Gasteiger partial charge in [0.25, 0.3) is 0 Å². The van der Waals surface area contributed by atoms with Gasteiger partial charge in [-0.3, -0.25) is 4.98 Å². The molecule has 9 heavy (non-hydrogen) atoms. The molecule has 1 aromatic rings. The van der Waals surface area contributed by atoms with E-state index in [9.17, 15) is 0 Å². The van der Waals surface area contributed by atoms with Crippen molar-refractivity contribution in [3.63, 3.8) is 0 Å². The van der Waals surface area contributed by atoms with Gasteiger partial charge in [-0.2, -0.15) is 0 Å². The lowest BCUT2D eigenvalue weighted by Gasteiger charge is -1.91. The van der Waals surface area contributed by atoms with Crippen LogP contribution >= 0.6 is 30.1 Å². The quantitative estimate of drug-likeness (QED) is 0.749. The van der Waals surface area contributed by atoms with Gasteiger partial charge in [0.15, 0.2) is 0 Å². The molecule has 0 aliphatic heterocycles. The van der Waals surface area contributed by atoms with Crippen LogP contribution in [0, 0.1) is 0 Å². The maximum absolute atomic E-state index is 3.99. The molecule has 0 radical (unpaired) electrons. The van der Waals surface area contributed by atoms with E-state index in [-0.39, 0.29) is 0 Å². The van der Waals surface area contributed by atoms with E-state index in [0.29, 0.717) is 0 Å². The standard InChI is InChI=1S/C6H6INS/c7-9-5-6-2-1-3-8-4-6/h1-4H,5H2. The van der Waals surface area contributed by atoms with Crippen LogP contribution in [-0.4, -0.2) is 4.98 Å². The molecule has 1 rings (SSSR count). The summed E-state index contributed by atoms with van der Waals surface area (Å²) in [7, 11) is 1.78. The fraction of sp³-hybridized carbons (Fsp3) is 0.167. The second-order valence-electron chi connectivity index (χ2n) is 1.61. The van der Waals surface area contributed by atoms with Crippen molar-refractivity contribution in [1.29, 1.82) is 0 Å². The normalized spacial score (nSPS) is 9.44. The summed E-state index contributed by atoms with van der Waals surface area (Å²) >= 11 is 2.28. The minimum Gasteiger partial charge on any atom is -0.264 e. The average molecular weight is 251 g/mol.